The number of anilines is 1. The second-order valence-corrected chi connectivity index (χ2v) is 9.45. The van der Waals surface area contributed by atoms with Crippen molar-refractivity contribution in [3.05, 3.63) is 34.7 Å². The summed E-state index contributed by atoms with van der Waals surface area (Å²) in [6, 6.07) is 7.42. The molecule has 7 nitrogen and oxygen atoms in total. The van der Waals surface area contributed by atoms with Gasteiger partial charge in [-0.15, -0.1) is 0 Å². The Labute approximate surface area is 186 Å². The van der Waals surface area contributed by atoms with Crippen molar-refractivity contribution in [1.82, 2.24) is 10.6 Å². The van der Waals surface area contributed by atoms with Gasteiger partial charge in [0.15, 0.2) is 0 Å². The Kier molecular flexibility index (Phi) is 8.86. The Morgan fingerprint density at radius 1 is 1.23 bits per heavy atom. The second-order valence-electron chi connectivity index (χ2n) is 7.73. The molecule has 3 amide bonds. The van der Waals surface area contributed by atoms with Crippen LogP contribution in [0.5, 0.6) is 0 Å². The highest BCUT2D eigenvalue weighted by Gasteiger charge is 2.21. The Morgan fingerprint density at radius 2 is 1.93 bits per heavy atom. The van der Waals surface area contributed by atoms with Crippen molar-refractivity contribution >= 4 is 58.5 Å². The predicted molar refractivity (Wildman–Crippen MR) is 124 cm³/mol. The molecule has 1 fully saturated rings. The van der Waals surface area contributed by atoms with Crippen molar-refractivity contribution in [3.63, 3.8) is 0 Å². The van der Waals surface area contributed by atoms with Gasteiger partial charge in [-0.1, -0.05) is 36.1 Å². The van der Waals surface area contributed by atoms with Crippen LogP contribution in [0.25, 0.3) is 6.08 Å². The third-order valence-corrected chi connectivity index (χ3v) is 5.20. The molecule has 0 saturated carbocycles. The largest absolute Gasteiger partial charge is 0.444 e. The number of benzene rings is 1. The third-order valence-electron chi connectivity index (χ3n) is 4.04. The van der Waals surface area contributed by atoms with Crippen LogP contribution >= 0.6 is 24.0 Å². The fourth-order valence-electron chi connectivity index (χ4n) is 2.67. The molecular weight excluding hydrogens is 422 g/mol. The van der Waals surface area contributed by atoms with Crippen molar-refractivity contribution < 1.29 is 19.1 Å². The third kappa shape index (κ3) is 8.16. The van der Waals surface area contributed by atoms with E-state index in [-0.39, 0.29) is 5.91 Å². The molecule has 1 heterocycles. The highest BCUT2D eigenvalue weighted by atomic mass is 32.2. The highest BCUT2D eigenvalue weighted by molar-refractivity contribution is 8.26. The van der Waals surface area contributed by atoms with E-state index in [1.807, 2.05) is 45.0 Å². The quantitative estimate of drug-likeness (QED) is 0.258. The molecule has 30 heavy (non-hydrogen) atoms. The molecule has 0 atom stereocenters. The van der Waals surface area contributed by atoms with Crippen LogP contribution in [0.15, 0.2) is 29.2 Å². The van der Waals surface area contributed by atoms with Crippen LogP contribution in [0.4, 0.5) is 10.5 Å². The zero-order chi connectivity index (χ0) is 22.1. The molecule has 0 aliphatic carbocycles. The summed E-state index contributed by atoms with van der Waals surface area (Å²) in [5.41, 5.74) is 1.15. The molecule has 1 aliphatic rings. The molecule has 0 aromatic heterocycles. The zero-order valence-electron chi connectivity index (χ0n) is 17.4. The van der Waals surface area contributed by atoms with Gasteiger partial charge in [0.25, 0.3) is 5.91 Å². The van der Waals surface area contributed by atoms with Crippen molar-refractivity contribution in [1.29, 1.82) is 0 Å². The number of alkyl carbamates (subject to hydrolysis) is 1. The molecule has 2 rings (SSSR count). The van der Waals surface area contributed by atoms with Crippen LogP contribution in [0, 0.1) is 0 Å². The summed E-state index contributed by atoms with van der Waals surface area (Å²) >= 11 is 6.21. The van der Waals surface area contributed by atoms with Crippen molar-refractivity contribution in [2.45, 2.75) is 45.6 Å². The summed E-state index contributed by atoms with van der Waals surface area (Å²) in [4.78, 5) is 37.0. The SMILES string of the molecule is CC(C)(C)OC(=O)NCCCCCN(C=O)c1ccc(/C=C2\SC(=S)NC2=O)cc1. The molecule has 162 valence electrons. The number of hydrogen-bond acceptors (Lipinski definition) is 6. The summed E-state index contributed by atoms with van der Waals surface area (Å²) in [5, 5.41) is 5.31. The van der Waals surface area contributed by atoms with Gasteiger partial charge in [0.2, 0.25) is 6.41 Å². The number of nitrogens with one attached hydrogen (secondary N) is 2. The number of ether oxygens (including phenoxy) is 1. The summed E-state index contributed by atoms with van der Waals surface area (Å²) < 4.78 is 5.64. The Morgan fingerprint density at radius 3 is 2.50 bits per heavy atom. The van der Waals surface area contributed by atoms with Crippen molar-refractivity contribution in [3.8, 4) is 0 Å². The van der Waals surface area contributed by atoms with E-state index in [0.29, 0.717) is 22.3 Å². The minimum Gasteiger partial charge on any atom is -0.444 e. The number of unbranched alkanes of at least 4 members (excludes halogenated alkanes) is 2. The number of rotatable bonds is 9. The predicted octanol–water partition coefficient (Wildman–Crippen LogP) is 3.83. The van der Waals surface area contributed by atoms with Gasteiger partial charge in [-0.05, 0) is 63.8 Å². The van der Waals surface area contributed by atoms with E-state index < -0.39 is 11.7 Å². The van der Waals surface area contributed by atoms with E-state index >= 15 is 0 Å². The summed E-state index contributed by atoms with van der Waals surface area (Å²) in [5.74, 6) is -0.190. The first-order valence-electron chi connectivity index (χ1n) is 9.71. The van der Waals surface area contributed by atoms with E-state index in [0.717, 1.165) is 36.9 Å². The summed E-state index contributed by atoms with van der Waals surface area (Å²) in [7, 11) is 0. The number of hydrogen-bond donors (Lipinski definition) is 2. The van der Waals surface area contributed by atoms with Gasteiger partial charge in [-0.3, -0.25) is 9.59 Å². The lowest BCUT2D eigenvalue weighted by Crippen LogP contribution is -2.33. The molecule has 1 aromatic rings. The lowest BCUT2D eigenvalue weighted by molar-refractivity contribution is -0.115. The van der Waals surface area contributed by atoms with Gasteiger partial charge >= 0.3 is 6.09 Å². The van der Waals surface area contributed by atoms with Gasteiger partial charge in [0.05, 0.1) is 4.91 Å². The van der Waals surface area contributed by atoms with Gasteiger partial charge < -0.3 is 20.3 Å². The minimum atomic E-state index is -0.504. The van der Waals surface area contributed by atoms with Crippen LogP contribution in [-0.2, 0) is 14.3 Å². The van der Waals surface area contributed by atoms with Crippen LogP contribution in [0.1, 0.15) is 45.6 Å². The molecule has 1 aliphatic heterocycles. The average Bonchev–Trinajstić information content (AvgIpc) is 2.97. The number of carbonyl (C=O) groups is 3. The van der Waals surface area contributed by atoms with Gasteiger partial charge in [-0.2, -0.15) is 0 Å². The monoisotopic (exact) mass is 449 g/mol. The van der Waals surface area contributed by atoms with Gasteiger partial charge in [0.1, 0.15) is 9.92 Å². The molecule has 9 heteroatoms. The number of nitrogens with zero attached hydrogens (tertiary/aromatic N) is 1. The average molecular weight is 450 g/mol. The number of thiocarbonyl (C=S) groups is 1. The van der Waals surface area contributed by atoms with E-state index in [2.05, 4.69) is 10.6 Å². The number of carbonyl (C=O) groups excluding carboxylic acids is 3. The smallest absolute Gasteiger partial charge is 0.407 e. The molecule has 0 bridgehead atoms. The number of amides is 3. The molecule has 2 N–H and O–H groups in total. The maximum absolute atomic E-state index is 11.7. The molecule has 0 spiro atoms. The van der Waals surface area contributed by atoms with Crippen molar-refractivity contribution in [2.75, 3.05) is 18.0 Å². The lowest BCUT2D eigenvalue weighted by atomic mass is 10.1. The van der Waals surface area contributed by atoms with E-state index in [4.69, 9.17) is 17.0 Å². The Bertz CT molecular complexity index is 817. The molecule has 0 unspecified atom stereocenters. The van der Waals surface area contributed by atoms with Gasteiger partial charge in [-0.25, -0.2) is 4.79 Å². The molecular formula is C21H27N3O4S2. The zero-order valence-corrected chi connectivity index (χ0v) is 19.0. The first-order valence-corrected chi connectivity index (χ1v) is 10.9. The Hall–Kier alpha value is -2.39. The maximum atomic E-state index is 11.7. The lowest BCUT2D eigenvalue weighted by Gasteiger charge is -2.20. The maximum Gasteiger partial charge on any atom is 0.407 e. The first kappa shape index (κ1) is 23.9. The Balaban J connectivity index is 1.75. The fourth-order valence-corrected chi connectivity index (χ4v) is 3.71. The molecule has 0 radical (unpaired) electrons. The van der Waals surface area contributed by atoms with Crippen LogP contribution in [0.3, 0.4) is 0 Å². The minimum absolute atomic E-state index is 0.190. The van der Waals surface area contributed by atoms with Crippen molar-refractivity contribution in [2.24, 2.45) is 0 Å². The van der Waals surface area contributed by atoms with Gasteiger partial charge in [0, 0.05) is 18.8 Å². The first-order chi connectivity index (χ1) is 14.2. The second kappa shape index (κ2) is 11.1. The standard InChI is InChI=1S/C21H27N3O4S2/c1-21(2,3)28-19(27)22-11-5-4-6-12-24(14-25)16-9-7-15(8-10-16)13-17-18(26)23-20(29)30-17/h7-10,13-14H,4-6,11-12H2,1-3H3,(H,22,27)(H,23,26,29)/b17-13-. The highest BCUT2D eigenvalue weighted by Crippen LogP contribution is 2.26. The van der Waals surface area contributed by atoms with Crippen LogP contribution in [-0.4, -0.2) is 41.4 Å². The van der Waals surface area contributed by atoms with E-state index in [1.54, 1.807) is 11.0 Å². The summed E-state index contributed by atoms with van der Waals surface area (Å²) in [6.07, 6.45) is 4.66. The van der Waals surface area contributed by atoms with Crippen LogP contribution < -0.4 is 15.5 Å². The molecule has 1 saturated heterocycles. The van der Waals surface area contributed by atoms with Crippen LogP contribution in [0.2, 0.25) is 0 Å². The van der Waals surface area contributed by atoms with E-state index in [9.17, 15) is 14.4 Å². The fraction of sp³-hybridized carbons (Fsp3) is 0.429. The van der Waals surface area contributed by atoms with E-state index in [1.165, 1.54) is 11.8 Å². The molecule has 1 aromatic carbocycles. The number of thioether (sulfide) groups is 1. The topological polar surface area (TPSA) is 87.7 Å². The summed E-state index contributed by atoms with van der Waals surface area (Å²) in [6.45, 7) is 6.59. The normalized spacial score (nSPS) is 15.1.